The zero-order chi connectivity index (χ0) is 36.7. The van der Waals surface area contributed by atoms with Gasteiger partial charge >= 0.3 is 5.97 Å². The van der Waals surface area contributed by atoms with E-state index in [1.807, 2.05) is 39.0 Å². The van der Waals surface area contributed by atoms with Crippen LogP contribution in [0.15, 0.2) is 60.8 Å². The molecule has 0 aliphatic carbocycles. The van der Waals surface area contributed by atoms with Gasteiger partial charge in [-0.25, -0.2) is 26.9 Å². The first-order valence-electron chi connectivity index (χ1n) is 17.3. The van der Waals surface area contributed by atoms with Gasteiger partial charge in [0.15, 0.2) is 33.1 Å². The summed E-state index contributed by atoms with van der Waals surface area (Å²) in [5.74, 6) is -2.06. The molecule has 2 unspecified atom stereocenters. The number of nitrogens with zero attached hydrogens (tertiary/aromatic N) is 3. The number of fused-ring (bicyclic) bond motifs is 8. The van der Waals surface area contributed by atoms with Crippen LogP contribution in [-0.2, 0) is 39.9 Å². The normalized spacial score (nSPS) is 19.7. The highest BCUT2D eigenvalue weighted by molar-refractivity contribution is 7.91. The molecule has 12 heteroatoms. The number of aliphatic carboxylic acids is 1. The number of sulfone groups is 1. The van der Waals surface area contributed by atoms with Gasteiger partial charge in [-0.05, 0) is 79.8 Å². The Morgan fingerprint density at radius 2 is 1.86 bits per heavy atom. The lowest BCUT2D eigenvalue weighted by molar-refractivity contribution is -0.141. The minimum absolute atomic E-state index is 0.0280. The number of aromatic amines is 1. The van der Waals surface area contributed by atoms with Gasteiger partial charge in [-0.15, -0.1) is 0 Å². The van der Waals surface area contributed by atoms with E-state index in [9.17, 15) is 18.3 Å². The number of hydrogen-bond acceptors (Lipinski definition) is 6. The van der Waals surface area contributed by atoms with Gasteiger partial charge in [0.1, 0.15) is 11.6 Å². The lowest BCUT2D eigenvalue weighted by Gasteiger charge is -2.31. The molecule has 5 aromatic rings. The molecule has 0 spiro atoms. The lowest BCUT2D eigenvalue weighted by Crippen LogP contribution is -2.29. The van der Waals surface area contributed by atoms with Crippen LogP contribution in [0.5, 0.6) is 11.5 Å². The van der Waals surface area contributed by atoms with Crippen LogP contribution in [0, 0.1) is 23.0 Å². The van der Waals surface area contributed by atoms with Crippen molar-refractivity contribution < 1.29 is 31.8 Å². The second-order valence-electron chi connectivity index (χ2n) is 14.9. The molecule has 0 amide bonds. The van der Waals surface area contributed by atoms with Crippen molar-refractivity contribution in [1.82, 2.24) is 19.7 Å². The summed E-state index contributed by atoms with van der Waals surface area (Å²) in [5, 5.41) is 14.9. The number of H-pyrrole nitrogens is 1. The predicted octanol–water partition coefficient (Wildman–Crippen LogP) is 8.16. The van der Waals surface area contributed by atoms with Crippen molar-refractivity contribution in [3.63, 3.8) is 0 Å². The van der Waals surface area contributed by atoms with Crippen LogP contribution in [-0.4, -0.2) is 50.7 Å². The van der Waals surface area contributed by atoms with E-state index in [2.05, 4.69) is 11.1 Å². The Bertz CT molecular complexity index is 2210. The molecule has 3 aromatic carbocycles. The number of carboxylic acids is 1. The van der Waals surface area contributed by atoms with E-state index in [0.29, 0.717) is 54.4 Å². The molecule has 9 nitrogen and oxygen atoms in total. The highest BCUT2D eigenvalue weighted by Gasteiger charge is 2.36. The molecule has 3 heterocycles. The monoisotopic (exact) mass is 718 g/mol. The number of nitrogens with one attached hydrogen (secondary N) is 1. The maximum atomic E-state index is 15.7. The Hall–Kier alpha value is -4.58. The summed E-state index contributed by atoms with van der Waals surface area (Å²) < 4.78 is 66.3. The van der Waals surface area contributed by atoms with Crippen molar-refractivity contribution in [2.75, 3.05) is 11.5 Å². The van der Waals surface area contributed by atoms with E-state index in [1.165, 1.54) is 28.9 Å². The third-order valence-electron chi connectivity index (χ3n) is 10.2. The van der Waals surface area contributed by atoms with Crippen molar-refractivity contribution in [2.24, 2.45) is 18.4 Å². The van der Waals surface area contributed by atoms with Crippen LogP contribution >= 0.6 is 0 Å². The number of ether oxygens (including phenoxy) is 1. The highest BCUT2D eigenvalue weighted by atomic mass is 32.2. The van der Waals surface area contributed by atoms with Gasteiger partial charge in [0, 0.05) is 35.8 Å². The van der Waals surface area contributed by atoms with Gasteiger partial charge in [-0.1, -0.05) is 51.5 Å². The van der Waals surface area contributed by atoms with Crippen molar-refractivity contribution >= 4 is 26.7 Å². The van der Waals surface area contributed by atoms with Gasteiger partial charge in [0.25, 0.3) is 0 Å². The quantitative estimate of drug-likeness (QED) is 0.188. The molecule has 2 atom stereocenters. The van der Waals surface area contributed by atoms with Crippen LogP contribution in [0.1, 0.15) is 75.9 Å². The summed E-state index contributed by atoms with van der Waals surface area (Å²) >= 11 is 0. The molecule has 4 bridgehead atoms. The zero-order valence-electron chi connectivity index (χ0n) is 29.6. The maximum Gasteiger partial charge on any atom is 0.306 e. The zero-order valence-corrected chi connectivity index (χ0v) is 30.4. The summed E-state index contributed by atoms with van der Waals surface area (Å²) in [4.78, 5) is 19.4. The number of halogens is 2. The van der Waals surface area contributed by atoms with E-state index < -0.39 is 44.2 Å². The highest BCUT2D eigenvalue weighted by Crippen LogP contribution is 2.41. The third kappa shape index (κ3) is 7.71. The molecule has 2 N–H and O–H groups in total. The number of carboxylic acid groups (broad SMARTS) is 1. The standard InChI is InChI=1S/C39H44F2N4O5S/c1-24(36(46)47)10-11-25-8-6-9-26(20-25)39(4)17-7-16-38(2,3)23-51(48,49)19-15-29-28-14-18-42-33(28)22-32(41)34(29)50-27-12-13-31(40)30(21-27)35-43-37(39)44-45(35)5/h6,8-9,12-14,18,20-22,24,42H,7,10-11,15-17,19,23H2,1-5H3,(H,46,47). The summed E-state index contributed by atoms with van der Waals surface area (Å²) in [5.41, 5.74) is 1.60. The molecule has 1 aliphatic rings. The number of hydrogen-bond donors (Lipinski definition) is 2. The third-order valence-corrected chi connectivity index (χ3v) is 12.2. The molecule has 0 radical (unpaired) electrons. The molecule has 51 heavy (non-hydrogen) atoms. The predicted molar refractivity (Wildman–Crippen MR) is 193 cm³/mol. The molecule has 0 fully saturated rings. The molecule has 2 aromatic heterocycles. The minimum Gasteiger partial charge on any atom is -0.481 e. The van der Waals surface area contributed by atoms with Gasteiger partial charge in [0.2, 0.25) is 0 Å². The van der Waals surface area contributed by atoms with Gasteiger partial charge in [-0.2, -0.15) is 5.10 Å². The van der Waals surface area contributed by atoms with Gasteiger partial charge in [0.05, 0.1) is 28.4 Å². The molecule has 0 saturated heterocycles. The first-order chi connectivity index (χ1) is 24.0. The second kappa shape index (κ2) is 13.9. The Morgan fingerprint density at radius 3 is 2.63 bits per heavy atom. The smallest absolute Gasteiger partial charge is 0.306 e. The number of carbonyl (C=O) groups is 1. The Morgan fingerprint density at radius 1 is 1.08 bits per heavy atom. The average molecular weight is 719 g/mol. The van der Waals surface area contributed by atoms with E-state index in [0.717, 1.165) is 11.1 Å². The minimum atomic E-state index is -3.59. The number of aromatic nitrogens is 4. The first kappa shape index (κ1) is 36.2. The summed E-state index contributed by atoms with van der Waals surface area (Å²) in [6.45, 7) is 7.61. The maximum absolute atomic E-state index is 15.7. The van der Waals surface area contributed by atoms with E-state index in [4.69, 9.17) is 14.8 Å². The van der Waals surface area contributed by atoms with Crippen LogP contribution in [0.2, 0.25) is 0 Å². The molecule has 6 rings (SSSR count). The summed E-state index contributed by atoms with van der Waals surface area (Å²) in [6.07, 6.45) is 4.54. The first-order valence-corrected chi connectivity index (χ1v) is 19.1. The average Bonchev–Trinajstić information content (AvgIpc) is 3.69. The van der Waals surface area contributed by atoms with E-state index in [1.54, 1.807) is 26.2 Å². The molecule has 270 valence electrons. The number of benzene rings is 3. The van der Waals surface area contributed by atoms with Gasteiger partial charge in [-0.3, -0.25) is 4.79 Å². The molecule has 1 aliphatic heterocycles. The van der Waals surface area contributed by atoms with Gasteiger partial charge < -0.3 is 14.8 Å². The number of rotatable bonds is 5. The Kier molecular flexibility index (Phi) is 9.84. The van der Waals surface area contributed by atoms with Crippen molar-refractivity contribution in [1.29, 1.82) is 0 Å². The fraction of sp³-hybridized carbons (Fsp3) is 0.410. The summed E-state index contributed by atoms with van der Waals surface area (Å²) in [7, 11) is -1.90. The van der Waals surface area contributed by atoms with E-state index in [-0.39, 0.29) is 40.8 Å². The second-order valence-corrected chi connectivity index (χ2v) is 17.1. The summed E-state index contributed by atoms with van der Waals surface area (Å²) in [6, 6.07) is 15.1. The Balaban J connectivity index is 1.47. The topological polar surface area (TPSA) is 127 Å². The van der Waals surface area contributed by atoms with Crippen LogP contribution in [0.25, 0.3) is 22.3 Å². The lowest BCUT2D eigenvalue weighted by atomic mass is 9.75. The Labute approximate surface area is 297 Å². The van der Waals surface area contributed by atoms with Crippen LogP contribution < -0.4 is 4.74 Å². The SMILES string of the molecule is CC(CCc1cccc(C2(C)CCCC(C)(C)CS(=O)(=O)CCc3c(c(F)cc4[nH]ccc34)Oc3ccc(F)c(c3)-c3nc2nn3C)c1)C(=O)O. The fourth-order valence-corrected chi connectivity index (χ4v) is 9.17. The number of aryl methyl sites for hydroxylation is 3. The molecular formula is C39H44F2N4O5S. The van der Waals surface area contributed by atoms with Crippen molar-refractivity contribution in [2.45, 2.75) is 71.6 Å². The molecule has 0 saturated carbocycles. The van der Waals surface area contributed by atoms with Crippen LogP contribution in [0.4, 0.5) is 8.78 Å². The van der Waals surface area contributed by atoms with Crippen LogP contribution in [0.3, 0.4) is 0 Å². The largest absolute Gasteiger partial charge is 0.481 e. The molecular weight excluding hydrogens is 675 g/mol. The van der Waals surface area contributed by atoms with Crippen molar-refractivity contribution in [3.05, 3.63) is 94.9 Å². The van der Waals surface area contributed by atoms with Crippen molar-refractivity contribution in [3.8, 4) is 22.9 Å². The fourth-order valence-electron chi connectivity index (χ4n) is 7.17. The van der Waals surface area contributed by atoms with E-state index >= 15 is 8.78 Å².